The van der Waals surface area contributed by atoms with E-state index in [0.29, 0.717) is 16.4 Å². The highest BCUT2D eigenvalue weighted by Crippen LogP contribution is 2.23. The van der Waals surface area contributed by atoms with E-state index in [1.807, 2.05) is 19.1 Å². The van der Waals surface area contributed by atoms with Crippen molar-refractivity contribution in [1.82, 2.24) is 0 Å². The smallest absolute Gasteiger partial charge is 0.247 e. The van der Waals surface area contributed by atoms with Crippen LogP contribution in [0.15, 0.2) is 48.5 Å². The van der Waals surface area contributed by atoms with E-state index < -0.39 is 22.0 Å². The molecule has 7 heteroatoms. The van der Waals surface area contributed by atoms with Crippen LogP contribution in [0.3, 0.4) is 0 Å². The maximum absolute atomic E-state index is 12.5. The number of carbonyl (C=O) groups is 1. The Balaban J connectivity index is 2.29. The highest BCUT2D eigenvalue weighted by molar-refractivity contribution is 7.92. The minimum atomic E-state index is -3.64. The Morgan fingerprint density at radius 2 is 1.84 bits per heavy atom. The molecule has 0 aromatic heterocycles. The molecular formula is C18H21ClN2O3S. The van der Waals surface area contributed by atoms with Crippen LogP contribution < -0.4 is 9.62 Å². The summed E-state index contributed by atoms with van der Waals surface area (Å²) in [7, 11) is -3.64. The van der Waals surface area contributed by atoms with E-state index >= 15 is 0 Å². The molecule has 0 radical (unpaired) electrons. The van der Waals surface area contributed by atoms with Crippen molar-refractivity contribution >= 4 is 38.9 Å². The van der Waals surface area contributed by atoms with Gasteiger partial charge in [0, 0.05) is 10.7 Å². The Bertz CT molecular complexity index is 851. The zero-order chi connectivity index (χ0) is 18.6. The maximum atomic E-state index is 12.5. The molecule has 2 rings (SSSR count). The summed E-state index contributed by atoms with van der Waals surface area (Å²) in [6, 6.07) is 12.9. The highest BCUT2D eigenvalue weighted by atomic mass is 35.5. The molecule has 0 heterocycles. The average molecular weight is 381 g/mol. The molecule has 1 N–H and O–H groups in total. The Hall–Kier alpha value is -2.05. The van der Waals surface area contributed by atoms with Crippen LogP contribution in [-0.2, 0) is 21.2 Å². The van der Waals surface area contributed by atoms with Crippen LogP contribution in [0.2, 0.25) is 5.02 Å². The summed E-state index contributed by atoms with van der Waals surface area (Å²) < 4.78 is 25.6. The van der Waals surface area contributed by atoms with Gasteiger partial charge in [0.1, 0.15) is 6.04 Å². The lowest BCUT2D eigenvalue weighted by Crippen LogP contribution is -2.45. The molecule has 134 valence electrons. The number of nitrogens with zero attached hydrogens (tertiary/aromatic N) is 1. The van der Waals surface area contributed by atoms with Gasteiger partial charge in [-0.3, -0.25) is 9.10 Å². The Morgan fingerprint density at radius 1 is 1.20 bits per heavy atom. The fourth-order valence-electron chi connectivity index (χ4n) is 2.50. The SMILES string of the molecule is CCc1ccc(N(C(C)C(=O)Nc2cccc(Cl)c2)S(C)(=O)=O)cc1. The summed E-state index contributed by atoms with van der Waals surface area (Å²) >= 11 is 5.91. The first-order valence-corrected chi connectivity index (χ1v) is 10.1. The second-order valence-electron chi connectivity index (χ2n) is 5.75. The van der Waals surface area contributed by atoms with E-state index in [1.54, 1.807) is 43.3 Å². The van der Waals surface area contributed by atoms with Crippen molar-refractivity contribution < 1.29 is 13.2 Å². The van der Waals surface area contributed by atoms with Crippen molar-refractivity contribution in [1.29, 1.82) is 0 Å². The van der Waals surface area contributed by atoms with Crippen molar-refractivity contribution in [3.63, 3.8) is 0 Å². The molecule has 2 aromatic carbocycles. The normalized spacial score (nSPS) is 12.5. The van der Waals surface area contributed by atoms with Crippen LogP contribution in [0.4, 0.5) is 11.4 Å². The van der Waals surface area contributed by atoms with E-state index in [4.69, 9.17) is 11.6 Å². The molecule has 0 saturated carbocycles. The number of carbonyl (C=O) groups excluding carboxylic acids is 1. The molecule has 0 aliphatic carbocycles. The van der Waals surface area contributed by atoms with Gasteiger partial charge < -0.3 is 5.32 Å². The van der Waals surface area contributed by atoms with Crippen molar-refractivity contribution in [2.24, 2.45) is 0 Å². The van der Waals surface area contributed by atoms with E-state index in [9.17, 15) is 13.2 Å². The lowest BCUT2D eigenvalue weighted by molar-refractivity contribution is -0.116. The summed E-state index contributed by atoms with van der Waals surface area (Å²) in [5.74, 6) is -0.438. The molecule has 0 aliphatic heterocycles. The number of aryl methyl sites for hydroxylation is 1. The summed E-state index contributed by atoms with van der Waals surface area (Å²) in [5, 5.41) is 3.18. The van der Waals surface area contributed by atoms with Crippen LogP contribution in [-0.4, -0.2) is 26.6 Å². The van der Waals surface area contributed by atoms with Gasteiger partial charge in [-0.15, -0.1) is 0 Å². The number of nitrogens with one attached hydrogen (secondary N) is 1. The Kier molecular flexibility index (Phi) is 6.08. The molecule has 25 heavy (non-hydrogen) atoms. The topological polar surface area (TPSA) is 66.5 Å². The molecule has 0 bridgehead atoms. The van der Waals surface area contributed by atoms with Gasteiger partial charge in [0.15, 0.2) is 0 Å². The molecular weight excluding hydrogens is 360 g/mol. The number of amides is 1. The van der Waals surface area contributed by atoms with Gasteiger partial charge in [0.05, 0.1) is 11.9 Å². The number of benzene rings is 2. The van der Waals surface area contributed by atoms with Crippen molar-refractivity contribution in [2.75, 3.05) is 15.9 Å². The third-order valence-corrected chi connectivity index (χ3v) is 5.26. The number of sulfonamides is 1. The fraction of sp³-hybridized carbons (Fsp3) is 0.278. The Morgan fingerprint density at radius 3 is 2.36 bits per heavy atom. The van der Waals surface area contributed by atoms with Gasteiger partial charge in [-0.2, -0.15) is 0 Å². The molecule has 0 spiro atoms. The number of hydrogen-bond donors (Lipinski definition) is 1. The van der Waals surface area contributed by atoms with Crippen molar-refractivity contribution in [3.05, 3.63) is 59.1 Å². The Labute approximate surface area is 153 Å². The summed E-state index contributed by atoms with van der Waals surface area (Å²) in [5.41, 5.74) is 2.06. The first-order valence-electron chi connectivity index (χ1n) is 7.87. The first-order chi connectivity index (χ1) is 11.7. The molecule has 5 nitrogen and oxygen atoms in total. The molecule has 0 saturated heterocycles. The van der Waals surface area contributed by atoms with Crippen LogP contribution in [0, 0.1) is 0 Å². The predicted octanol–water partition coefficient (Wildman–Crippen LogP) is 3.70. The molecule has 0 fully saturated rings. The average Bonchev–Trinajstić information content (AvgIpc) is 2.54. The lowest BCUT2D eigenvalue weighted by atomic mass is 10.1. The molecule has 1 amide bonds. The quantitative estimate of drug-likeness (QED) is 0.830. The van der Waals surface area contributed by atoms with E-state index in [1.165, 1.54) is 0 Å². The van der Waals surface area contributed by atoms with E-state index in [0.717, 1.165) is 22.5 Å². The van der Waals surface area contributed by atoms with Crippen LogP contribution in [0.5, 0.6) is 0 Å². The van der Waals surface area contributed by atoms with Gasteiger partial charge in [-0.1, -0.05) is 36.7 Å². The van der Waals surface area contributed by atoms with Crippen molar-refractivity contribution in [3.8, 4) is 0 Å². The first kappa shape index (κ1) is 19.3. The second-order valence-corrected chi connectivity index (χ2v) is 8.05. The van der Waals surface area contributed by atoms with E-state index in [2.05, 4.69) is 5.32 Å². The summed E-state index contributed by atoms with van der Waals surface area (Å²) in [6.45, 7) is 3.57. The number of rotatable bonds is 6. The van der Waals surface area contributed by atoms with Gasteiger partial charge in [0.2, 0.25) is 15.9 Å². The second kappa shape index (κ2) is 7.89. The zero-order valence-corrected chi connectivity index (χ0v) is 15.9. The predicted molar refractivity (Wildman–Crippen MR) is 103 cm³/mol. The van der Waals surface area contributed by atoms with E-state index in [-0.39, 0.29) is 0 Å². The monoisotopic (exact) mass is 380 g/mol. The standard InChI is InChI=1S/C18H21ClN2O3S/c1-4-14-8-10-17(11-9-14)21(25(3,23)24)13(2)18(22)20-16-7-5-6-15(19)12-16/h5-13H,4H2,1-3H3,(H,20,22). The van der Waals surface area contributed by atoms with Gasteiger partial charge in [-0.05, 0) is 49.2 Å². The van der Waals surface area contributed by atoms with Crippen LogP contribution in [0.1, 0.15) is 19.4 Å². The minimum absolute atomic E-state index is 0.438. The zero-order valence-electron chi connectivity index (χ0n) is 14.4. The molecule has 0 aliphatic rings. The molecule has 1 atom stereocenters. The van der Waals surface area contributed by atoms with Gasteiger partial charge >= 0.3 is 0 Å². The number of hydrogen-bond acceptors (Lipinski definition) is 3. The highest BCUT2D eigenvalue weighted by Gasteiger charge is 2.29. The van der Waals surface area contributed by atoms with Crippen LogP contribution in [0.25, 0.3) is 0 Å². The lowest BCUT2D eigenvalue weighted by Gasteiger charge is -2.28. The summed E-state index contributed by atoms with van der Waals surface area (Å²) in [6.07, 6.45) is 1.94. The van der Waals surface area contributed by atoms with Crippen LogP contribution >= 0.6 is 11.6 Å². The molecule has 2 aromatic rings. The maximum Gasteiger partial charge on any atom is 0.247 e. The minimum Gasteiger partial charge on any atom is -0.324 e. The third kappa shape index (κ3) is 4.96. The largest absolute Gasteiger partial charge is 0.324 e. The fourth-order valence-corrected chi connectivity index (χ4v) is 3.87. The third-order valence-electron chi connectivity index (χ3n) is 3.78. The molecule has 1 unspecified atom stereocenters. The van der Waals surface area contributed by atoms with Gasteiger partial charge in [-0.25, -0.2) is 8.42 Å². The number of anilines is 2. The summed E-state index contributed by atoms with van der Waals surface area (Å²) in [4.78, 5) is 12.5. The number of halogens is 1. The van der Waals surface area contributed by atoms with Gasteiger partial charge in [0.25, 0.3) is 0 Å². The van der Waals surface area contributed by atoms with Crippen molar-refractivity contribution in [2.45, 2.75) is 26.3 Å².